The summed E-state index contributed by atoms with van der Waals surface area (Å²) in [5.74, 6) is 0.738. The van der Waals surface area contributed by atoms with E-state index in [0.717, 1.165) is 0 Å². The van der Waals surface area contributed by atoms with Crippen LogP contribution in [0.5, 0.6) is 11.5 Å². The Morgan fingerprint density at radius 2 is 1.89 bits per heavy atom. The molecule has 0 saturated carbocycles. The van der Waals surface area contributed by atoms with Crippen molar-refractivity contribution in [2.75, 3.05) is 14.2 Å². The molecule has 0 spiro atoms. The molecular formula is C20H19BrFN3O3. The SMILES string of the molecule is COc1cc(C(=O)NC(c2cccc(F)c2)c2nccn2C)cc(OC)c1Br. The lowest BCUT2D eigenvalue weighted by Gasteiger charge is -2.20. The molecular weight excluding hydrogens is 429 g/mol. The van der Waals surface area contributed by atoms with E-state index in [9.17, 15) is 9.18 Å². The van der Waals surface area contributed by atoms with Gasteiger partial charge in [0, 0.05) is 25.0 Å². The molecule has 28 heavy (non-hydrogen) atoms. The summed E-state index contributed by atoms with van der Waals surface area (Å²) in [6.45, 7) is 0. The number of methoxy groups -OCH3 is 2. The van der Waals surface area contributed by atoms with Gasteiger partial charge in [0.05, 0.1) is 14.2 Å². The number of carbonyl (C=O) groups excluding carboxylic acids is 1. The van der Waals surface area contributed by atoms with Crippen LogP contribution in [0.3, 0.4) is 0 Å². The van der Waals surface area contributed by atoms with Gasteiger partial charge >= 0.3 is 0 Å². The highest BCUT2D eigenvalue weighted by atomic mass is 79.9. The smallest absolute Gasteiger partial charge is 0.252 e. The lowest BCUT2D eigenvalue weighted by atomic mass is 10.0. The first-order chi connectivity index (χ1) is 13.4. The molecule has 3 aromatic rings. The van der Waals surface area contributed by atoms with Crippen molar-refractivity contribution in [1.29, 1.82) is 0 Å². The summed E-state index contributed by atoms with van der Waals surface area (Å²) < 4.78 is 26.8. The van der Waals surface area contributed by atoms with Crippen LogP contribution in [-0.2, 0) is 7.05 Å². The number of aryl methyl sites for hydroxylation is 1. The van der Waals surface area contributed by atoms with E-state index in [1.54, 1.807) is 41.2 Å². The monoisotopic (exact) mass is 447 g/mol. The quantitative estimate of drug-likeness (QED) is 0.622. The summed E-state index contributed by atoms with van der Waals surface area (Å²) in [6.07, 6.45) is 3.39. The number of hydrogen-bond donors (Lipinski definition) is 1. The van der Waals surface area contributed by atoms with Crippen molar-refractivity contribution >= 4 is 21.8 Å². The van der Waals surface area contributed by atoms with E-state index in [0.29, 0.717) is 32.9 Å². The number of nitrogens with one attached hydrogen (secondary N) is 1. The van der Waals surface area contributed by atoms with E-state index in [4.69, 9.17) is 9.47 Å². The normalized spacial score (nSPS) is 11.8. The van der Waals surface area contributed by atoms with Gasteiger partial charge in [-0.15, -0.1) is 0 Å². The molecule has 0 aliphatic rings. The minimum Gasteiger partial charge on any atom is -0.495 e. The number of nitrogens with zero attached hydrogens (tertiary/aromatic N) is 2. The van der Waals surface area contributed by atoms with Gasteiger partial charge in [-0.05, 0) is 45.8 Å². The number of benzene rings is 2. The van der Waals surface area contributed by atoms with Gasteiger partial charge in [-0.1, -0.05) is 12.1 Å². The van der Waals surface area contributed by atoms with E-state index < -0.39 is 11.9 Å². The second kappa shape index (κ2) is 8.43. The lowest BCUT2D eigenvalue weighted by molar-refractivity contribution is 0.0940. The van der Waals surface area contributed by atoms with Crippen LogP contribution < -0.4 is 14.8 Å². The summed E-state index contributed by atoms with van der Waals surface area (Å²) in [4.78, 5) is 17.3. The number of hydrogen-bond acceptors (Lipinski definition) is 4. The average Bonchev–Trinajstić information content (AvgIpc) is 3.11. The van der Waals surface area contributed by atoms with Gasteiger partial charge in [0.2, 0.25) is 0 Å². The fourth-order valence-corrected chi connectivity index (χ4v) is 3.41. The third kappa shape index (κ3) is 4.01. The van der Waals surface area contributed by atoms with Crippen molar-refractivity contribution in [2.45, 2.75) is 6.04 Å². The van der Waals surface area contributed by atoms with Gasteiger partial charge in [-0.3, -0.25) is 4.79 Å². The number of ether oxygens (including phenoxy) is 2. The van der Waals surface area contributed by atoms with Crippen LogP contribution in [0.4, 0.5) is 4.39 Å². The summed E-state index contributed by atoms with van der Waals surface area (Å²) >= 11 is 3.38. The molecule has 6 nitrogen and oxygen atoms in total. The van der Waals surface area contributed by atoms with Crippen LogP contribution >= 0.6 is 15.9 Å². The predicted molar refractivity (Wildman–Crippen MR) is 106 cm³/mol. The molecule has 1 aromatic heterocycles. The first-order valence-corrected chi connectivity index (χ1v) is 9.19. The highest BCUT2D eigenvalue weighted by molar-refractivity contribution is 9.10. The van der Waals surface area contributed by atoms with Gasteiger partial charge in [0.15, 0.2) is 0 Å². The molecule has 0 radical (unpaired) electrons. The minimum absolute atomic E-state index is 0.340. The molecule has 1 heterocycles. The van der Waals surface area contributed by atoms with Crippen molar-refractivity contribution in [3.05, 3.63) is 76.0 Å². The van der Waals surface area contributed by atoms with Crippen molar-refractivity contribution in [3.63, 3.8) is 0 Å². The highest BCUT2D eigenvalue weighted by Gasteiger charge is 2.23. The summed E-state index contributed by atoms with van der Waals surface area (Å²) in [6, 6.07) is 8.63. The molecule has 3 rings (SSSR count). The number of aromatic nitrogens is 2. The Bertz CT molecular complexity index is 981. The van der Waals surface area contributed by atoms with Crippen molar-refractivity contribution in [3.8, 4) is 11.5 Å². The standard InChI is InChI=1S/C20H19BrFN3O3/c1-25-8-7-23-19(25)18(12-5-4-6-14(22)9-12)24-20(26)13-10-15(27-2)17(21)16(11-13)28-3/h4-11,18H,1-3H3,(H,24,26). The third-order valence-corrected chi connectivity index (χ3v) is 5.06. The molecule has 1 N–H and O–H groups in total. The third-order valence-electron chi connectivity index (χ3n) is 4.28. The highest BCUT2D eigenvalue weighted by Crippen LogP contribution is 2.36. The maximum Gasteiger partial charge on any atom is 0.252 e. The van der Waals surface area contributed by atoms with Crippen LogP contribution in [-0.4, -0.2) is 29.7 Å². The second-order valence-corrected chi connectivity index (χ2v) is 6.85. The predicted octanol–water partition coefficient (Wildman–Crippen LogP) is 3.86. The molecule has 0 aliphatic heterocycles. The zero-order chi connectivity index (χ0) is 20.3. The second-order valence-electron chi connectivity index (χ2n) is 6.05. The minimum atomic E-state index is -0.635. The zero-order valence-electron chi connectivity index (χ0n) is 15.6. The van der Waals surface area contributed by atoms with E-state index >= 15 is 0 Å². The molecule has 0 aliphatic carbocycles. The molecule has 146 valence electrons. The van der Waals surface area contributed by atoms with E-state index in [1.165, 1.54) is 26.4 Å². The molecule has 0 fully saturated rings. The van der Waals surface area contributed by atoms with Gasteiger partial charge in [0.25, 0.3) is 5.91 Å². The Morgan fingerprint density at radius 3 is 2.43 bits per heavy atom. The Kier molecular flexibility index (Phi) is 5.99. The summed E-state index contributed by atoms with van der Waals surface area (Å²) in [5, 5.41) is 2.93. The van der Waals surface area contributed by atoms with Crippen LogP contribution in [0, 0.1) is 5.82 Å². The van der Waals surface area contributed by atoms with Crippen LogP contribution in [0.15, 0.2) is 53.3 Å². The van der Waals surface area contributed by atoms with Crippen molar-refractivity contribution in [2.24, 2.45) is 7.05 Å². The average molecular weight is 448 g/mol. The number of rotatable bonds is 6. The molecule has 0 bridgehead atoms. The molecule has 8 heteroatoms. The van der Waals surface area contributed by atoms with Crippen molar-refractivity contribution in [1.82, 2.24) is 14.9 Å². The van der Waals surface area contributed by atoms with E-state index in [2.05, 4.69) is 26.2 Å². The maximum atomic E-state index is 13.8. The van der Waals surface area contributed by atoms with E-state index in [-0.39, 0.29) is 5.91 Å². The number of halogens is 2. The molecule has 2 aromatic carbocycles. The first-order valence-electron chi connectivity index (χ1n) is 8.39. The fraction of sp³-hybridized carbons (Fsp3) is 0.200. The van der Waals surface area contributed by atoms with E-state index in [1.807, 2.05) is 7.05 Å². The largest absolute Gasteiger partial charge is 0.495 e. The van der Waals surface area contributed by atoms with Gasteiger partial charge < -0.3 is 19.4 Å². The Balaban J connectivity index is 2.00. The van der Waals surface area contributed by atoms with Crippen molar-refractivity contribution < 1.29 is 18.7 Å². The molecule has 1 atom stereocenters. The fourth-order valence-electron chi connectivity index (χ4n) is 2.85. The Morgan fingerprint density at radius 1 is 1.21 bits per heavy atom. The topological polar surface area (TPSA) is 65.4 Å². The Hall–Kier alpha value is -2.87. The summed E-state index contributed by atoms with van der Waals surface area (Å²) in [5.41, 5.74) is 0.922. The van der Waals surface area contributed by atoms with Gasteiger partial charge in [-0.25, -0.2) is 9.37 Å². The van der Waals surface area contributed by atoms with Gasteiger partial charge in [0.1, 0.15) is 33.7 Å². The van der Waals surface area contributed by atoms with Gasteiger partial charge in [-0.2, -0.15) is 0 Å². The first kappa shape index (κ1) is 19.9. The maximum absolute atomic E-state index is 13.8. The number of amides is 1. The number of carbonyl (C=O) groups is 1. The lowest BCUT2D eigenvalue weighted by Crippen LogP contribution is -2.31. The molecule has 1 amide bonds. The van der Waals surface area contributed by atoms with Crippen LogP contribution in [0.1, 0.15) is 27.8 Å². The zero-order valence-corrected chi connectivity index (χ0v) is 17.2. The van der Waals surface area contributed by atoms with Crippen LogP contribution in [0.2, 0.25) is 0 Å². The molecule has 0 saturated heterocycles. The van der Waals surface area contributed by atoms with Crippen LogP contribution in [0.25, 0.3) is 0 Å². The number of imidazole rings is 1. The summed E-state index contributed by atoms with van der Waals surface area (Å²) in [7, 11) is 4.82. The molecule has 1 unspecified atom stereocenters. The Labute approximate surface area is 170 Å².